The zero-order valence-corrected chi connectivity index (χ0v) is 13.5. The molecule has 0 radical (unpaired) electrons. The van der Waals surface area contributed by atoms with Crippen molar-refractivity contribution in [2.75, 3.05) is 0 Å². The zero-order valence-electron chi connectivity index (χ0n) is 13.5. The molecule has 4 rings (SSSR count). The molecule has 3 aromatic heterocycles. The fourth-order valence-corrected chi connectivity index (χ4v) is 3.17. The van der Waals surface area contributed by atoms with E-state index in [4.69, 9.17) is 0 Å². The number of allylic oxidation sites excluding steroid dienone is 2. The van der Waals surface area contributed by atoms with Gasteiger partial charge >= 0.3 is 5.69 Å². The minimum Gasteiger partial charge on any atom is -0.313 e. The molecule has 7 nitrogen and oxygen atoms in total. The predicted molar refractivity (Wildman–Crippen MR) is 90.7 cm³/mol. The second kappa shape index (κ2) is 5.02. The molecule has 0 saturated heterocycles. The van der Waals surface area contributed by atoms with E-state index in [1.807, 2.05) is 6.07 Å². The van der Waals surface area contributed by atoms with Crippen LogP contribution in [0.25, 0.3) is 22.5 Å². The van der Waals surface area contributed by atoms with Crippen molar-refractivity contribution in [1.29, 1.82) is 0 Å². The van der Waals surface area contributed by atoms with Gasteiger partial charge < -0.3 is 4.98 Å². The highest BCUT2D eigenvalue weighted by molar-refractivity contribution is 5.80. The van der Waals surface area contributed by atoms with Gasteiger partial charge in [0.15, 0.2) is 5.65 Å². The maximum atomic E-state index is 12.1. The van der Waals surface area contributed by atoms with E-state index >= 15 is 0 Å². The van der Waals surface area contributed by atoms with Crippen molar-refractivity contribution in [2.45, 2.75) is 26.7 Å². The first-order valence-corrected chi connectivity index (χ1v) is 7.82. The van der Waals surface area contributed by atoms with Crippen LogP contribution < -0.4 is 11.2 Å². The van der Waals surface area contributed by atoms with Crippen molar-refractivity contribution < 1.29 is 0 Å². The molecule has 122 valence electrons. The zero-order chi connectivity index (χ0) is 16.9. The van der Waals surface area contributed by atoms with Gasteiger partial charge in [-0.25, -0.2) is 14.3 Å². The SMILES string of the molecule is CC1(C)C=C(c2cc(-c3c[nH]c(=O)[nH]c3=O)nn3ccnc23)CC1. The second-order valence-electron chi connectivity index (χ2n) is 6.78. The van der Waals surface area contributed by atoms with E-state index in [0.29, 0.717) is 11.3 Å². The number of hydrogen-bond acceptors (Lipinski definition) is 4. The first-order valence-electron chi connectivity index (χ1n) is 7.82. The summed E-state index contributed by atoms with van der Waals surface area (Å²) in [5.74, 6) is 0. The number of fused-ring (bicyclic) bond motifs is 1. The Balaban J connectivity index is 1.96. The normalized spacial score (nSPS) is 16.5. The molecular formula is C17H17N5O2. The number of imidazole rings is 1. The van der Waals surface area contributed by atoms with Crippen LogP contribution in [0.2, 0.25) is 0 Å². The Hall–Kier alpha value is -2.96. The van der Waals surface area contributed by atoms with Gasteiger partial charge in [-0.1, -0.05) is 19.9 Å². The Labute approximate surface area is 137 Å². The van der Waals surface area contributed by atoms with Crippen LogP contribution in [0.4, 0.5) is 0 Å². The van der Waals surface area contributed by atoms with Crippen LogP contribution in [0, 0.1) is 5.41 Å². The average Bonchev–Trinajstić information content (AvgIpc) is 3.12. The molecule has 0 unspecified atom stereocenters. The lowest BCUT2D eigenvalue weighted by molar-refractivity contribution is 0.471. The van der Waals surface area contributed by atoms with Crippen molar-refractivity contribution in [3.05, 3.63) is 57.1 Å². The van der Waals surface area contributed by atoms with Gasteiger partial charge in [0.25, 0.3) is 5.56 Å². The van der Waals surface area contributed by atoms with Crippen molar-refractivity contribution >= 4 is 11.2 Å². The minimum atomic E-state index is -0.534. The molecule has 1 aliphatic rings. The third kappa shape index (κ3) is 2.38. The monoisotopic (exact) mass is 323 g/mol. The molecule has 0 fully saturated rings. The number of hydrogen-bond donors (Lipinski definition) is 2. The highest BCUT2D eigenvalue weighted by Gasteiger charge is 2.25. The van der Waals surface area contributed by atoms with E-state index in [1.165, 1.54) is 11.8 Å². The summed E-state index contributed by atoms with van der Waals surface area (Å²) in [5.41, 5.74) is 2.93. The lowest BCUT2D eigenvalue weighted by Gasteiger charge is -2.11. The molecule has 0 amide bonds. The highest BCUT2D eigenvalue weighted by Crippen LogP contribution is 2.40. The first-order chi connectivity index (χ1) is 11.4. The van der Waals surface area contributed by atoms with Crippen LogP contribution in [-0.2, 0) is 0 Å². The first kappa shape index (κ1) is 14.6. The van der Waals surface area contributed by atoms with E-state index in [2.05, 4.69) is 40.0 Å². The van der Waals surface area contributed by atoms with Crippen molar-refractivity contribution in [3.63, 3.8) is 0 Å². The number of aromatic nitrogens is 5. The lowest BCUT2D eigenvalue weighted by Crippen LogP contribution is -2.23. The fourth-order valence-electron chi connectivity index (χ4n) is 3.17. The molecule has 0 atom stereocenters. The van der Waals surface area contributed by atoms with Crippen LogP contribution in [0.15, 0.2) is 40.3 Å². The van der Waals surface area contributed by atoms with Crippen LogP contribution >= 0.6 is 0 Å². The molecule has 1 aliphatic carbocycles. The van der Waals surface area contributed by atoms with E-state index < -0.39 is 11.2 Å². The minimum absolute atomic E-state index is 0.151. The molecular weight excluding hydrogens is 306 g/mol. The smallest absolute Gasteiger partial charge is 0.313 e. The maximum Gasteiger partial charge on any atom is 0.325 e. The standard InChI is InChI=1S/C17H17N5O2/c1-17(2)4-3-10(8-17)11-7-13(21-22-6-5-18-14(11)22)12-9-19-16(24)20-15(12)23/h5-9H,3-4H2,1-2H3,(H2,19,20,23,24). The number of nitrogens with zero attached hydrogens (tertiary/aromatic N) is 3. The Morgan fingerprint density at radius 1 is 1.25 bits per heavy atom. The topological polar surface area (TPSA) is 95.9 Å². The molecule has 2 N–H and O–H groups in total. The predicted octanol–water partition coefficient (Wildman–Crippen LogP) is 1.98. The van der Waals surface area contributed by atoms with Gasteiger partial charge in [-0.05, 0) is 29.9 Å². The van der Waals surface area contributed by atoms with Crippen LogP contribution in [0.3, 0.4) is 0 Å². The van der Waals surface area contributed by atoms with Gasteiger partial charge in [0.05, 0.1) is 11.3 Å². The molecule has 0 aliphatic heterocycles. The summed E-state index contributed by atoms with van der Waals surface area (Å²) in [4.78, 5) is 32.5. The summed E-state index contributed by atoms with van der Waals surface area (Å²) in [7, 11) is 0. The molecule has 24 heavy (non-hydrogen) atoms. The summed E-state index contributed by atoms with van der Waals surface area (Å²) in [6.45, 7) is 4.41. The van der Waals surface area contributed by atoms with Crippen LogP contribution in [0.1, 0.15) is 32.3 Å². The number of aromatic amines is 2. The molecule has 3 aromatic rings. The van der Waals surface area contributed by atoms with Gasteiger partial charge in [0, 0.05) is 24.2 Å². The van der Waals surface area contributed by atoms with Gasteiger partial charge in [-0.2, -0.15) is 5.10 Å². The summed E-state index contributed by atoms with van der Waals surface area (Å²) in [6, 6.07) is 1.87. The Bertz CT molecular complexity index is 1080. The molecule has 3 heterocycles. The Kier molecular flexibility index (Phi) is 3.06. The molecule has 0 bridgehead atoms. The third-order valence-electron chi connectivity index (χ3n) is 4.40. The third-order valence-corrected chi connectivity index (χ3v) is 4.40. The van der Waals surface area contributed by atoms with Gasteiger partial charge in [0.2, 0.25) is 0 Å². The van der Waals surface area contributed by atoms with Crippen molar-refractivity contribution in [2.24, 2.45) is 5.41 Å². The summed E-state index contributed by atoms with van der Waals surface area (Å²) < 4.78 is 1.67. The van der Waals surface area contributed by atoms with Crippen LogP contribution in [0.5, 0.6) is 0 Å². The largest absolute Gasteiger partial charge is 0.325 e. The summed E-state index contributed by atoms with van der Waals surface area (Å²) >= 11 is 0. The highest BCUT2D eigenvalue weighted by atomic mass is 16.2. The van der Waals surface area contributed by atoms with Crippen molar-refractivity contribution in [3.8, 4) is 11.3 Å². The molecule has 0 spiro atoms. The maximum absolute atomic E-state index is 12.1. The number of rotatable bonds is 2. The van der Waals surface area contributed by atoms with E-state index in [1.54, 1.807) is 16.9 Å². The Morgan fingerprint density at radius 2 is 2.08 bits per heavy atom. The van der Waals surface area contributed by atoms with Gasteiger partial charge in [-0.15, -0.1) is 0 Å². The number of H-pyrrole nitrogens is 2. The van der Waals surface area contributed by atoms with Crippen LogP contribution in [-0.4, -0.2) is 24.6 Å². The van der Waals surface area contributed by atoms with Gasteiger partial charge in [-0.3, -0.25) is 9.78 Å². The second-order valence-corrected chi connectivity index (χ2v) is 6.78. The molecule has 0 aromatic carbocycles. The Morgan fingerprint density at radius 3 is 2.79 bits per heavy atom. The molecule has 0 saturated carbocycles. The molecule has 7 heteroatoms. The van der Waals surface area contributed by atoms with E-state index in [0.717, 1.165) is 24.1 Å². The fraction of sp³-hybridized carbons (Fsp3) is 0.294. The quantitative estimate of drug-likeness (QED) is 0.753. The lowest BCUT2D eigenvalue weighted by atomic mass is 9.94. The van der Waals surface area contributed by atoms with E-state index in [9.17, 15) is 9.59 Å². The van der Waals surface area contributed by atoms with Crippen molar-refractivity contribution in [1.82, 2.24) is 24.6 Å². The summed E-state index contributed by atoms with van der Waals surface area (Å²) in [5, 5.41) is 4.45. The number of nitrogens with one attached hydrogen (secondary N) is 2. The average molecular weight is 323 g/mol. The summed E-state index contributed by atoms with van der Waals surface area (Å²) in [6.07, 6.45) is 9.13. The van der Waals surface area contributed by atoms with Gasteiger partial charge in [0.1, 0.15) is 0 Å². The van der Waals surface area contributed by atoms with E-state index in [-0.39, 0.29) is 5.41 Å².